The molecule has 0 spiro atoms. The Labute approximate surface area is 195 Å². The molecule has 0 bridgehead atoms. The molecule has 180 valence electrons. The van der Waals surface area contributed by atoms with Crippen LogP contribution < -0.4 is 10.4 Å². The summed E-state index contributed by atoms with van der Waals surface area (Å²) in [5.74, 6) is 1.94. The molecule has 1 saturated carbocycles. The van der Waals surface area contributed by atoms with E-state index in [4.69, 9.17) is 9.73 Å². The quantitative estimate of drug-likeness (QED) is 0.435. The van der Waals surface area contributed by atoms with Crippen LogP contribution in [0.25, 0.3) is 11.4 Å². The molecule has 2 aliphatic rings. The number of carbonyl (C=O) groups is 1. The molecule has 1 atom stereocenters. The van der Waals surface area contributed by atoms with Gasteiger partial charge in [0.05, 0.1) is 5.56 Å². The first-order valence-electron chi connectivity index (χ1n) is 12.3. The molecule has 33 heavy (non-hydrogen) atoms. The monoisotopic (exact) mass is 456 g/mol. The van der Waals surface area contributed by atoms with Crippen molar-refractivity contribution in [2.75, 3.05) is 38.1 Å². The topological polar surface area (TPSA) is 108 Å². The fourth-order valence-electron chi connectivity index (χ4n) is 5.06. The first-order valence-corrected chi connectivity index (χ1v) is 12.3. The van der Waals surface area contributed by atoms with Gasteiger partial charge in [-0.25, -0.2) is 10.5 Å². The summed E-state index contributed by atoms with van der Waals surface area (Å²) in [7, 11) is 2.12. The van der Waals surface area contributed by atoms with Crippen molar-refractivity contribution >= 4 is 11.7 Å². The van der Waals surface area contributed by atoms with Crippen molar-refractivity contribution in [2.45, 2.75) is 63.7 Å². The maximum absolute atomic E-state index is 12.0. The molecule has 2 aromatic heterocycles. The molecule has 2 aromatic rings. The first kappa shape index (κ1) is 23.6. The van der Waals surface area contributed by atoms with E-state index in [-0.39, 0.29) is 12.3 Å². The van der Waals surface area contributed by atoms with Gasteiger partial charge in [-0.15, -0.1) is 0 Å². The molecule has 1 saturated heterocycles. The van der Waals surface area contributed by atoms with Gasteiger partial charge < -0.3 is 14.3 Å². The Bertz CT molecular complexity index is 890. The maximum Gasteiger partial charge on any atom is 0.244 e. The van der Waals surface area contributed by atoms with Crippen molar-refractivity contribution < 1.29 is 14.5 Å². The van der Waals surface area contributed by atoms with Crippen LogP contribution in [-0.2, 0) is 4.79 Å². The molecular weight excluding hydrogens is 420 g/mol. The fraction of sp³-hybridized carbons (Fsp3) is 0.667. The summed E-state index contributed by atoms with van der Waals surface area (Å²) in [5, 5.41) is 13.3. The number of nitrogens with zero attached hydrogens (tertiary/aromatic N) is 5. The van der Waals surface area contributed by atoms with E-state index in [0.717, 1.165) is 62.7 Å². The number of hydrogen-bond acceptors (Lipinski definition) is 8. The molecule has 2 fully saturated rings. The highest BCUT2D eigenvalue weighted by atomic mass is 16.5. The summed E-state index contributed by atoms with van der Waals surface area (Å²) in [4.78, 5) is 25.8. The van der Waals surface area contributed by atoms with Crippen molar-refractivity contribution in [2.24, 2.45) is 5.92 Å². The van der Waals surface area contributed by atoms with Gasteiger partial charge in [0.25, 0.3) is 0 Å². The number of carbonyl (C=O) groups excluding carboxylic acids is 1. The van der Waals surface area contributed by atoms with Gasteiger partial charge in [-0.05, 0) is 31.5 Å². The lowest BCUT2D eigenvalue weighted by Crippen LogP contribution is -2.45. The van der Waals surface area contributed by atoms with E-state index in [1.807, 2.05) is 12.1 Å². The highest BCUT2D eigenvalue weighted by molar-refractivity contribution is 5.75. The van der Waals surface area contributed by atoms with Crippen molar-refractivity contribution in [1.82, 2.24) is 25.5 Å². The zero-order valence-electron chi connectivity index (χ0n) is 19.6. The predicted molar refractivity (Wildman–Crippen MR) is 125 cm³/mol. The van der Waals surface area contributed by atoms with Crippen LogP contribution in [0.15, 0.2) is 22.9 Å². The third-order valence-electron chi connectivity index (χ3n) is 7.07. The Hall–Kier alpha value is -2.52. The number of hydrogen-bond donors (Lipinski definition) is 2. The molecule has 3 heterocycles. The van der Waals surface area contributed by atoms with Crippen LogP contribution >= 0.6 is 0 Å². The van der Waals surface area contributed by atoms with Gasteiger partial charge in [-0.1, -0.05) is 50.1 Å². The van der Waals surface area contributed by atoms with Gasteiger partial charge in [-0.3, -0.25) is 10.0 Å². The second-order valence-corrected chi connectivity index (χ2v) is 9.49. The number of piperazine rings is 1. The Balaban J connectivity index is 1.47. The van der Waals surface area contributed by atoms with Gasteiger partial charge in [-0.2, -0.15) is 4.98 Å². The number of rotatable bonds is 9. The Kier molecular flexibility index (Phi) is 8.28. The molecule has 0 aromatic carbocycles. The lowest BCUT2D eigenvalue weighted by Gasteiger charge is -2.33. The Morgan fingerprint density at radius 2 is 2.03 bits per heavy atom. The third-order valence-corrected chi connectivity index (χ3v) is 7.07. The van der Waals surface area contributed by atoms with Crippen LogP contribution in [0.3, 0.4) is 0 Å². The van der Waals surface area contributed by atoms with Crippen molar-refractivity contribution in [3.63, 3.8) is 0 Å². The molecule has 1 aliphatic heterocycles. The molecule has 9 heteroatoms. The van der Waals surface area contributed by atoms with Crippen molar-refractivity contribution in [1.29, 1.82) is 0 Å². The smallest absolute Gasteiger partial charge is 0.244 e. The van der Waals surface area contributed by atoms with Gasteiger partial charge in [0.15, 0.2) is 0 Å². The lowest BCUT2D eigenvalue weighted by molar-refractivity contribution is -0.129. The van der Waals surface area contributed by atoms with E-state index >= 15 is 0 Å². The highest BCUT2D eigenvalue weighted by Gasteiger charge is 2.26. The van der Waals surface area contributed by atoms with E-state index in [0.29, 0.717) is 11.7 Å². The number of nitrogens with one attached hydrogen (secondary N) is 1. The average Bonchev–Trinajstić information content (AvgIpc) is 3.34. The third kappa shape index (κ3) is 6.29. The Morgan fingerprint density at radius 1 is 1.24 bits per heavy atom. The summed E-state index contributed by atoms with van der Waals surface area (Å²) < 4.78 is 5.65. The summed E-state index contributed by atoms with van der Waals surface area (Å²) in [6.45, 7) is 3.75. The first-order chi connectivity index (χ1) is 16.1. The standard InChI is InChI=1S/C24H36N6O3/c1-29-13-15-30(16-14-29)23-20(11-6-12-25-23)22-26-24(33-28-22)19(17-21(31)27-32)10-5-9-18-7-3-2-4-8-18/h6,11-12,18-19,32H,2-5,7-10,13-17H2,1H3,(H,27,31). The molecule has 4 rings (SSSR count). The largest absolute Gasteiger partial charge is 0.353 e. The number of aromatic nitrogens is 3. The van der Waals surface area contributed by atoms with Crippen LogP contribution in [0.4, 0.5) is 5.82 Å². The second kappa shape index (κ2) is 11.6. The van der Waals surface area contributed by atoms with E-state index < -0.39 is 5.91 Å². The van der Waals surface area contributed by atoms with Crippen LogP contribution in [0.2, 0.25) is 0 Å². The summed E-state index contributed by atoms with van der Waals surface area (Å²) in [6, 6.07) is 3.85. The minimum atomic E-state index is -0.433. The fourth-order valence-corrected chi connectivity index (χ4v) is 5.06. The van der Waals surface area contributed by atoms with E-state index in [9.17, 15) is 4.79 Å². The molecule has 1 aliphatic carbocycles. The van der Waals surface area contributed by atoms with Crippen LogP contribution in [-0.4, -0.2) is 64.4 Å². The molecular formula is C24H36N6O3. The zero-order valence-corrected chi connectivity index (χ0v) is 19.6. The van der Waals surface area contributed by atoms with Crippen molar-refractivity contribution in [3.8, 4) is 11.4 Å². The normalized spacial score (nSPS) is 18.9. The van der Waals surface area contributed by atoms with E-state index in [1.54, 1.807) is 11.7 Å². The number of likely N-dealkylation sites (N-methyl/N-ethyl adjacent to an activating group) is 1. The lowest BCUT2D eigenvalue weighted by atomic mass is 9.84. The van der Waals surface area contributed by atoms with E-state index in [1.165, 1.54) is 32.1 Å². The highest BCUT2D eigenvalue weighted by Crippen LogP contribution is 2.33. The predicted octanol–water partition coefficient (Wildman–Crippen LogP) is 3.61. The van der Waals surface area contributed by atoms with Gasteiger partial charge in [0.1, 0.15) is 5.82 Å². The number of hydroxylamine groups is 1. The second-order valence-electron chi connectivity index (χ2n) is 9.49. The number of anilines is 1. The average molecular weight is 457 g/mol. The van der Waals surface area contributed by atoms with Gasteiger partial charge in [0.2, 0.25) is 17.6 Å². The zero-order chi connectivity index (χ0) is 23.0. The van der Waals surface area contributed by atoms with E-state index in [2.05, 4.69) is 32.0 Å². The maximum atomic E-state index is 12.0. The number of amides is 1. The Morgan fingerprint density at radius 3 is 2.79 bits per heavy atom. The SMILES string of the molecule is CN1CCN(c2ncccc2-c2noc(C(CCCC3CCCCC3)CC(=O)NO)n2)CC1. The van der Waals surface area contributed by atoms with Crippen LogP contribution in [0.5, 0.6) is 0 Å². The number of pyridine rings is 1. The summed E-state index contributed by atoms with van der Waals surface area (Å²) in [5.41, 5.74) is 2.59. The van der Waals surface area contributed by atoms with Crippen LogP contribution in [0, 0.1) is 5.92 Å². The summed E-state index contributed by atoms with van der Waals surface area (Å²) in [6.07, 6.45) is 11.5. The molecule has 0 radical (unpaired) electrons. The molecule has 9 nitrogen and oxygen atoms in total. The van der Waals surface area contributed by atoms with Gasteiger partial charge >= 0.3 is 0 Å². The molecule has 1 unspecified atom stereocenters. The van der Waals surface area contributed by atoms with Crippen molar-refractivity contribution in [3.05, 3.63) is 24.2 Å². The van der Waals surface area contributed by atoms with Crippen LogP contribution in [0.1, 0.15) is 69.6 Å². The summed E-state index contributed by atoms with van der Waals surface area (Å²) >= 11 is 0. The minimum absolute atomic E-state index is 0.126. The minimum Gasteiger partial charge on any atom is -0.353 e. The molecule has 1 amide bonds. The molecule has 2 N–H and O–H groups in total. The van der Waals surface area contributed by atoms with Gasteiger partial charge in [0, 0.05) is 44.7 Å².